The molecule has 0 unspecified atom stereocenters. The number of benzene rings is 2. The molecular formula is C25H22F3N3O. The molecule has 164 valence electrons. The summed E-state index contributed by atoms with van der Waals surface area (Å²) in [6, 6.07) is 15.7. The van der Waals surface area contributed by atoms with Crippen molar-refractivity contribution < 1.29 is 18.0 Å². The predicted molar refractivity (Wildman–Crippen MR) is 117 cm³/mol. The van der Waals surface area contributed by atoms with Crippen LogP contribution in [0, 0.1) is 11.7 Å². The van der Waals surface area contributed by atoms with Crippen LogP contribution >= 0.6 is 0 Å². The number of amides is 1. The molecule has 2 aliphatic rings. The standard InChI is InChI=1S/C25H22F3N3O/c26-21-8-4-3-7-19(21)20-9-11-29-23(31-12-10-25(27,28)15-31)22(20)30-24(32)18-13-16-5-1-2-6-17(16)14-18/h1-9,11,18H,10,12-15H2,(H,30,32). The molecule has 5 rings (SSSR count). The third kappa shape index (κ3) is 3.83. The summed E-state index contributed by atoms with van der Waals surface area (Å²) in [6.45, 7) is -0.378. The highest BCUT2D eigenvalue weighted by molar-refractivity contribution is 6.01. The lowest BCUT2D eigenvalue weighted by Gasteiger charge is -2.24. The number of halogens is 3. The van der Waals surface area contributed by atoms with Gasteiger partial charge in [0.1, 0.15) is 5.82 Å². The number of rotatable bonds is 4. The van der Waals surface area contributed by atoms with E-state index in [1.165, 1.54) is 17.2 Å². The summed E-state index contributed by atoms with van der Waals surface area (Å²) >= 11 is 0. The van der Waals surface area contributed by atoms with Gasteiger partial charge >= 0.3 is 0 Å². The summed E-state index contributed by atoms with van der Waals surface area (Å²) in [7, 11) is 0. The fourth-order valence-electron chi connectivity index (χ4n) is 4.60. The second kappa shape index (κ2) is 7.97. The van der Waals surface area contributed by atoms with Crippen molar-refractivity contribution in [3.8, 4) is 11.1 Å². The van der Waals surface area contributed by atoms with Crippen LogP contribution in [0.4, 0.5) is 24.7 Å². The number of carbonyl (C=O) groups is 1. The number of pyridine rings is 1. The summed E-state index contributed by atoms with van der Waals surface area (Å²) in [5.74, 6) is -3.55. The van der Waals surface area contributed by atoms with Crippen LogP contribution in [0.15, 0.2) is 60.8 Å². The molecule has 1 fully saturated rings. The normalized spacial score (nSPS) is 17.4. The van der Waals surface area contributed by atoms with Gasteiger partial charge in [-0.05, 0) is 36.1 Å². The van der Waals surface area contributed by atoms with Gasteiger partial charge in [0.2, 0.25) is 5.91 Å². The Morgan fingerprint density at radius 2 is 1.69 bits per heavy atom. The zero-order valence-corrected chi connectivity index (χ0v) is 17.3. The largest absolute Gasteiger partial charge is 0.349 e. The van der Waals surface area contributed by atoms with E-state index in [0.29, 0.717) is 18.4 Å². The SMILES string of the molecule is O=C(Nc1c(-c2ccccc2F)ccnc1N1CCC(F)(F)C1)C1Cc2ccccc2C1. The van der Waals surface area contributed by atoms with Crippen molar-refractivity contribution in [1.29, 1.82) is 0 Å². The quantitative estimate of drug-likeness (QED) is 0.619. The molecule has 1 aliphatic carbocycles. The zero-order valence-electron chi connectivity index (χ0n) is 17.3. The Morgan fingerprint density at radius 3 is 2.34 bits per heavy atom. The Hall–Kier alpha value is -3.35. The number of alkyl halides is 2. The minimum absolute atomic E-state index is 0.110. The van der Waals surface area contributed by atoms with E-state index in [1.807, 2.05) is 24.3 Å². The van der Waals surface area contributed by atoms with Gasteiger partial charge in [-0.15, -0.1) is 0 Å². The van der Waals surface area contributed by atoms with Crippen LogP contribution in [-0.4, -0.2) is 29.9 Å². The van der Waals surface area contributed by atoms with Gasteiger partial charge in [-0.2, -0.15) is 0 Å². The van der Waals surface area contributed by atoms with E-state index in [-0.39, 0.29) is 41.9 Å². The fraction of sp³-hybridized carbons (Fsp3) is 0.280. The minimum atomic E-state index is -2.83. The van der Waals surface area contributed by atoms with Gasteiger partial charge in [-0.1, -0.05) is 42.5 Å². The van der Waals surface area contributed by atoms with Gasteiger partial charge in [0, 0.05) is 36.2 Å². The number of anilines is 2. The molecule has 32 heavy (non-hydrogen) atoms. The van der Waals surface area contributed by atoms with Gasteiger partial charge in [0.15, 0.2) is 5.82 Å². The van der Waals surface area contributed by atoms with Crippen LogP contribution < -0.4 is 10.2 Å². The van der Waals surface area contributed by atoms with Crippen LogP contribution in [0.1, 0.15) is 17.5 Å². The van der Waals surface area contributed by atoms with Gasteiger partial charge in [-0.25, -0.2) is 18.2 Å². The van der Waals surface area contributed by atoms with E-state index >= 15 is 0 Å². The maximum atomic E-state index is 14.6. The maximum absolute atomic E-state index is 14.6. The third-order valence-electron chi connectivity index (χ3n) is 6.23. The average molecular weight is 437 g/mol. The van der Waals surface area contributed by atoms with Gasteiger partial charge in [0.05, 0.1) is 12.2 Å². The molecule has 0 spiro atoms. The van der Waals surface area contributed by atoms with Gasteiger partial charge in [0.25, 0.3) is 5.92 Å². The Bertz CT molecular complexity index is 1160. The Kier molecular flexibility index (Phi) is 5.12. The van der Waals surface area contributed by atoms with Crippen molar-refractivity contribution in [2.24, 2.45) is 5.92 Å². The first-order valence-corrected chi connectivity index (χ1v) is 10.7. The highest BCUT2D eigenvalue weighted by Gasteiger charge is 2.40. The molecule has 1 aromatic heterocycles. The second-order valence-corrected chi connectivity index (χ2v) is 8.43. The number of nitrogens with one attached hydrogen (secondary N) is 1. The molecule has 1 saturated heterocycles. The first kappa shape index (κ1) is 20.5. The van der Waals surface area contributed by atoms with Crippen molar-refractivity contribution in [2.75, 3.05) is 23.3 Å². The van der Waals surface area contributed by atoms with Crippen LogP contribution in [-0.2, 0) is 17.6 Å². The fourth-order valence-corrected chi connectivity index (χ4v) is 4.60. The molecule has 0 radical (unpaired) electrons. The van der Waals surface area contributed by atoms with E-state index < -0.39 is 18.3 Å². The van der Waals surface area contributed by atoms with Crippen molar-refractivity contribution in [3.05, 3.63) is 77.7 Å². The number of hydrogen-bond donors (Lipinski definition) is 1. The number of hydrogen-bond acceptors (Lipinski definition) is 3. The Labute approximate surface area is 184 Å². The lowest BCUT2D eigenvalue weighted by Crippen LogP contribution is -2.29. The average Bonchev–Trinajstić information content (AvgIpc) is 3.37. The van der Waals surface area contributed by atoms with Crippen LogP contribution in [0.5, 0.6) is 0 Å². The molecule has 1 N–H and O–H groups in total. The molecule has 2 heterocycles. The highest BCUT2D eigenvalue weighted by Crippen LogP contribution is 2.40. The lowest BCUT2D eigenvalue weighted by molar-refractivity contribution is -0.119. The van der Waals surface area contributed by atoms with Crippen LogP contribution in [0.2, 0.25) is 0 Å². The molecule has 2 aromatic carbocycles. The van der Waals surface area contributed by atoms with Crippen LogP contribution in [0.25, 0.3) is 11.1 Å². The Morgan fingerprint density at radius 1 is 1.00 bits per heavy atom. The predicted octanol–water partition coefficient (Wildman–Crippen LogP) is 5.09. The number of carbonyl (C=O) groups excluding carboxylic acids is 1. The summed E-state index contributed by atoms with van der Waals surface area (Å²) in [6.07, 6.45) is 2.39. The van der Waals surface area contributed by atoms with Gasteiger partial charge < -0.3 is 10.2 Å². The second-order valence-electron chi connectivity index (χ2n) is 8.43. The van der Waals surface area contributed by atoms with E-state index in [0.717, 1.165) is 11.1 Å². The molecule has 1 aliphatic heterocycles. The molecular weight excluding hydrogens is 415 g/mol. The summed E-state index contributed by atoms with van der Waals surface area (Å²) in [4.78, 5) is 19.0. The zero-order chi connectivity index (χ0) is 22.3. The van der Waals surface area contributed by atoms with E-state index in [4.69, 9.17) is 0 Å². The lowest BCUT2D eigenvalue weighted by atomic mass is 10.0. The number of nitrogens with zero attached hydrogens (tertiary/aromatic N) is 2. The molecule has 0 atom stereocenters. The van der Waals surface area contributed by atoms with Crippen LogP contribution in [0.3, 0.4) is 0 Å². The van der Waals surface area contributed by atoms with Crippen molar-refractivity contribution >= 4 is 17.4 Å². The van der Waals surface area contributed by atoms with E-state index in [9.17, 15) is 18.0 Å². The topological polar surface area (TPSA) is 45.2 Å². The Balaban J connectivity index is 1.52. The first-order chi connectivity index (χ1) is 15.4. The monoisotopic (exact) mass is 437 g/mol. The van der Waals surface area contributed by atoms with Crippen molar-refractivity contribution in [2.45, 2.75) is 25.2 Å². The van der Waals surface area contributed by atoms with Crippen molar-refractivity contribution in [1.82, 2.24) is 4.98 Å². The summed E-state index contributed by atoms with van der Waals surface area (Å²) in [5.41, 5.74) is 3.25. The first-order valence-electron chi connectivity index (χ1n) is 10.7. The molecule has 7 heteroatoms. The highest BCUT2D eigenvalue weighted by atomic mass is 19.3. The summed E-state index contributed by atoms with van der Waals surface area (Å²) < 4.78 is 42.5. The number of aromatic nitrogens is 1. The molecule has 0 saturated carbocycles. The number of fused-ring (bicyclic) bond motifs is 1. The van der Waals surface area contributed by atoms with E-state index in [1.54, 1.807) is 24.3 Å². The van der Waals surface area contributed by atoms with E-state index in [2.05, 4.69) is 10.3 Å². The van der Waals surface area contributed by atoms with Gasteiger partial charge in [-0.3, -0.25) is 4.79 Å². The smallest absolute Gasteiger partial charge is 0.266 e. The molecule has 0 bridgehead atoms. The summed E-state index contributed by atoms with van der Waals surface area (Å²) in [5, 5.41) is 2.93. The molecule has 3 aromatic rings. The minimum Gasteiger partial charge on any atom is -0.349 e. The van der Waals surface area contributed by atoms with Crippen molar-refractivity contribution in [3.63, 3.8) is 0 Å². The maximum Gasteiger partial charge on any atom is 0.266 e. The molecule has 4 nitrogen and oxygen atoms in total. The molecule has 1 amide bonds. The third-order valence-corrected chi connectivity index (χ3v) is 6.23.